The molecule has 62 heavy (non-hydrogen) atoms. The summed E-state index contributed by atoms with van der Waals surface area (Å²) in [5.74, 6) is -8.85. The lowest BCUT2D eigenvalue weighted by Crippen LogP contribution is -2.58. The zero-order chi connectivity index (χ0) is 43.7. The van der Waals surface area contributed by atoms with Crippen molar-refractivity contribution in [3.8, 4) is 11.1 Å². The first-order chi connectivity index (χ1) is 29.3. The molecule has 10 rings (SSSR count). The number of thiazole rings is 1. The molecule has 6 heterocycles. The van der Waals surface area contributed by atoms with Crippen LogP contribution in [0.4, 0.5) is 41.7 Å². The van der Waals surface area contributed by atoms with Gasteiger partial charge in [0.25, 0.3) is 5.92 Å². The number of aromatic nitrogens is 6. The molecule has 1 saturated carbocycles. The molecule has 2 aromatic carbocycles. The monoisotopic (exact) mass is 902 g/mol. The number of hydrogen-bond acceptors (Lipinski definition) is 10. The van der Waals surface area contributed by atoms with Crippen LogP contribution in [0.5, 0.6) is 0 Å². The Bertz CT molecular complexity index is 2910. The molecule has 22 heteroatoms. The molecule has 0 bridgehead atoms. The van der Waals surface area contributed by atoms with Crippen LogP contribution >= 0.6 is 11.3 Å². The van der Waals surface area contributed by atoms with Gasteiger partial charge in [-0.3, -0.25) is 18.9 Å². The summed E-state index contributed by atoms with van der Waals surface area (Å²) in [5.41, 5.74) is -1.06. The molecule has 0 radical (unpaired) electrons. The largest absolute Gasteiger partial charge is 0.435 e. The molecule has 4 aliphatic rings. The van der Waals surface area contributed by atoms with Crippen molar-refractivity contribution in [3.63, 3.8) is 0 Å². The number of halogens is 7. The summed E-state index contributed by atoms with van der Waals surface area (Å²) in [6, 6.07) is 8.30. The van der Waals surface area contributed by atoms with E-state index in [1.54, 1.807) is 31.3 Å². The van der Waals surface area contributed by atoms with Crippen LogP contribution in [-0.2, 0) is 46.9 Å². The minimum absolute atomic E-state index is 0.0338. The molecule has 326 valence electrons. The van der Waals surface area contributed by atoms with Gasteiger partial charge in [-0.2, -0.15) is 37.1 Å². The molecule has 2 aliphatic heterocycles. The number of sulfonamides is 1. The number of para-hydroxylation sites is 1. The number of hydrogen-bond donors (Lipinski definition) is 3. The number of alkyl halides is 5. The zero-order valence-corrected chi connectivity index (χ0v) is 34.6. The Kier molecular flexibility index (Phi) is 9.24. The Labute approximate surface area is 352 Å². The highest BCUT2D eigenvalue weighted by atomic mass is 32.2. The quantitative estimate of drug-likeness (QED) is 0.129. The summed E-state index contributed by atoms with van der Waals surface area (Å²) in [6.07, 6.45) is -2.61. The lowest BCUT2D eigenvalue weighted by Gasteiger charge is -2.48. The van der Waals surface area contributed by atoms with E-state index in [1.165, 1.54) is 16.0 Å². The smallest absolute Gasteiger partial charge is 0.348 e. The Morgan fingerprint density at radius 2 is 1.76 bits per heavy atom. The van der Waals surface area contributed by atoms with E-state index in [9.17, 15) is 35.2 Å². The van der Waals surface area contributed by atoms with Gasteiger partial charge in [0.05, 0.1) is 28.2 Å². The van der Waals surface area contributed by atoms with E-state index in [4.69, 9.17) is 9.97 Å². The van der Waals surface area contributed by atoms with Gasteiger partial charge in [-0.05, 0) is 66.8 Å². The predicted octanol–water partition coefficient (Wildman–Crippen LogP) is 6.61. The summed E-state index contributed by atoms with van der Waals surface area (Å²) in [6.45, 7) is 2.37. The molecule has 3 N–H and O–H groups in total. The van der Waals surface area contributed by atoms with Crippen molar-refractivity contribution in [2.45, 2.75) is 56.3 Å². The van der Waals surface area contributed by atoms with Crippen molar-refractivity contribution in [2.75, 3.05) is 42.1 Å². The molecule has 1 spiro atoms. The van der Waals surface area contributed by atoms with Crippen LogP contribution in [0.2, 0.25) is 0 Å². The van der Waals surface area contributed by atoms with Crippen LogP contribution in [0.3, 0.4) is 0 Å². The number of rotatable bonds is 10. The maximum atomic E-state index is 15.5. The number of aryl methyl sites for hydroxylation is 1. The molecule has 6 aromatic rings. The number of pyridine rings is 1. The highest BCUT2D eigenvalue weighted by molar-refractivity contribution is 7.92. The second-order valence-corrected chi connectivity index (χ2v) is 19.6. The third-order valence-electron chi connectivity index (χ3n) is 12.5. The van der Waals surface area contributed by atoms with Gasteiger partial charge in [0, 0.05) is 67.3 Å². The van der Waals surface area contributed by atoms with E-state index in [0.717, 1.165) is 57.4 Å². The highest BCUT2D eigenvalue weighted by Gasteiger charge is 2.68. The number of amides is 1. The average Bonchev–Trinajstić information content (AvgIpc) is 3.44. The lowest BCUT2D eigenvalue weighted by molar-refractivity contribution is -0.142. The van der Waals surface area contributed by atoms with E-state index < -0.39 is 81.0 Å². The fraction of sp³-hybridized carbons (Fsp3) is 0.425. The van der Waals surface area contributed by atoms with E-state index in [1.807, 2.05) is 0 Å². The Balaban J connectivity index is 1.11. The maximum Gasteiger partial charge on any atom is 0.435 e. The first-order valence-electron chi connectivity index (χ1n) is 19.8. The summed E-state index contributed by atoms with van der Waals surface area (Å²) in [7, 11) is -2.17. The number of benzene rings is 2. The van der Waals surface area contributed by atoms with Gasteiger partial charge in [0.1, 0.15) is 23.9 Å². The Hall–Kier alpha value is -5.35. The van der Waals surface area contributed by atoms with Crippen LogP contribution < -0.4 is 20.3 Å². The number of anilines is 2. The van der Waals surface area contributed by atoms with Crippen LogP contribution in [0.1, 0.15) is 59.4 Å². The van der Waals surface area contributed by atoms with Gasteiger partial charge in [-0.1, -0.05) is 23.5 Å². The Morgan fingerprint density at radius 1 is 1.03 bits per heavy atom. The van der Waals surface area contributed by atoms with E-state index >= 15 is 8.78 Å². The van der Waals surface area contributed by atoms with Crippen LogP contribution in [0.15, 0.2) is 42.5 Å². The van der Waals surface area contributed by atoms with Gasteiger partial charge in [0.2, 0.25) is 15.9 Å². The van der Waals surface area contributed by atoms with Crippen molar-refractivity contribution in [3.05, 3.63) is 82.3 Å². The van der Waals surface area contributed by atoms with Crippen LogP contribution in [0, 0.1) is 23.0 Å². The minimum atomic E-state index is -5.06. The highest BCUT2D eigenvalue weighted by Crippen LogP contribution is 2.68. The van der Waals surface area contributed by atoms with Gasteiger partial charge >= 0.3 is 6.18 Å². The van der Waals surface area contributed by atoms with E-state index in [2.05, 4.69) is 30.5 Å². The first kappa shape index (κ1) is 40.7. The second-order valence-electron chi connectivity index (χ2n) is 16.8. The van der Waals surface area contributed by atoms with E-state index in [-0.39, 0.29) is 41.0 Å². The molecule has 2 aliphatic carbocycles. The zero-order valence-electron chi connectivity index (χ0n) is 33.0. The average molecular weight is 903 g/mol. The third kappa shape index (κ3) is 7.02. The van der Waals surface area contributed by atoms with Crippen LogP contribution in [0.25, 0.3) is 32.4 Å². The molecule has 4 aromatic heterocycles. The molecule has 1 amide bonds. The van der Waals surface area contributed by atoms with Crippen molar-refractivity contribution in [2.24, 2.45) is 18.4 Å². The Morgan fingerprint density at radius 3 is 2.42 bits per heavy atom. The van der Waals surface area contributed by atoms with Gasteiger partial charge in [-0.25, -0.2) is 22.2 Å². The lowest BCUT2D eigenvalue weighted by atomic mass is 9.73. The number of fused-ring (bicyclic) bond motifs is 5. The fourth-order valence-electron chi connectivity index (χ4n) is 9.44. The fourth-order valence-corrected chi connectivity index (χ4v) is 10.9. The summed E-state index contributed by atoms with van der Waals surface area (Å²) < 4.78 is 133. The SMILES string of the molecule is Cn1nc(NS(C)(=O)=O)c2cccc(-c3cc4sc(N5CCC6(CC5)CNC6)nc4nc3[C@H](Cc3cc(F)cc(F)c3)NC(=O)Cn3nc(C(F)(F)F)c4c3C(F)(F)[C@@H]3C[C@H]43)c21. The number of piperidine rings is 1. The van der Waals surface area contributed by atoms with Gasteiger partial charge < -0.3 is 15.5 Å². The third-order valence-corrected chi connectivity index (χ3v) is 14.1. The second kappa shape index (κ2) is 14.1. The number of nitrogens with one attached hydrogen (secondary N) is 3. The predicted molar refractivity (Wildman–Crippen MR) is 215 cm³/mol. The topological polar surface area (TPSA) is 152 Å². The first-order valence-corrected chi connectivity index (χ1v) is 22.5. The normalized spacial score (nSPS) is 20.6. The van der Waals surface area contributed by atoms with Crippen molar-refractivity contribution < 1.29 is 43.9 Å². The van der Waals surface area contributed by atoms with Crippen LogP contribution in [-0.4, -0.2) is 76.3 Å². The summed E-state index contributed by atoms with van der Waals surface area (Å²) in [4.78, 5) is 26.2. The molecular weight excluding hydrogens is 866 g/mol. The molecule has 2 saturated heterocycles. The van der Waals surface area contributed by atoms with Crippen molar-refractivity contribution in [1.29, 1.82) is 0 Å². The van der Waals surface area contributed by atoms with E-state index in [0.29, 0.717) is 42.6 Å². The molecule has 0 unspecified atom stereocenters. The number of carbonyl (C=O) groups excluding carboxylic acids is 1. The minimum Gasteiger partial charge on any atom is -0.348 e. The number of nitrogens with zero attached hydrogens (tertiary/aromatic N) is 7. The molecule has 3 fully saturated rings. The standard InChI is InChI=1S/C40H37F7N10O3S2/c1-55-32-22(4-3-5-23(32)35(53-55)54-62(2,59)60)24-15-28-36(51-37(61-28)56-8-6-38(7-9-56)17-48-18-38)50-31(24)27(12-19-10-20(41)13-21(42)11-19)49-29(58)16-57-34-30(33(52-57)40(45,46)47)25-14-26(25)39(34,43)44/h3-5,10-11,13,15,25-27,48H,6-9,12,14,16-18H2,1-2H3,(H,49,58)(H,53,54)/t25-,26+,27-/m0/s1. The van der Waals surface area contributed by atoms with Gasteiger partial charge in [0.15, 0.2) is 22.3 Å². The maximum absolute atomic E-state index is 15.5. The summed E-state index contributed by atoms with van der Waals surface area (Å²) in [5, 5.41) is 15.1. The van der Waals surface area contributed by atoms with Crippen molar-refractivity contribution >= 4 is 59.5 Å². The molecular formula is C40H37F7N10O3S2. The molecule has 13 nitrogen and oxygen atoms in total. The van der Waals surface area contributed by atoms with Gasteiger partial charge in [-0.15, -0.1) is 0 Å². The molecule has 3 atom stereocenters. The van der Waals surface area contributed by atoms with Crippen molar-refractivity contribution in [1.82, 2.24) is 40.2 Å². The summed E-state index contributed by atoms with van der Waals surface area (Å²) >= 11 is 1.39. The number of carbonyl (C=O) groups is 1.